The summed E-state index contributed by atoms with van der Waals surface area (Å²) in [6.07, 6.45) is 2.74. The molecule has 0 aromatic heterocycles. The lowest BCUT2D eigenvalue weighted by Gasteiger charge is -2.12. The van der Waals surface area contributed by atoms with Crippen molar-refractivity contribution in [2.24, 2.45) is 0 Å². The first kappa shape index (κ1) is 11.5. The van der Waals surface area contributed by atoms with Crippen LogP contribution in [0.1, 0.15) is 18.5 Å². The van der Waals surface area contributed by atoms with Crippen molar-refractivity contribution in [1.29, 1.82) is 0 Å². The van der Waals surface area contributed by atoms with Gasteiger partial charge in [0.2, 0.25) is 5.91 Å². The first-order valence-corrected chi connectivity index (χ1v) is 4.87. The summed E-state index contributed by atoms with van der Waals surface area (Å²) in [7, 11) is 0. The number of hydrogen-bond acceptors (Lipinski definition) is 2. The first-order valence-electron chi connectivity index (χ1n) is 4.87. The largest absolute Gasteiger partial charge is 0.392 e. The first-order chi connectivity index (χ1) is 7.24. The summed E-state index contributed by atoms with van der Waals surface area (Å²) in [6.45, 7) is 1.80. The van der Waals surface area contributed by atoms with E-state index >= 15 is 0 Å². The molecule has 80 valence electrons. The van der Waals surface area contributed by atoms with Crippen LogP contribution in [0.2, 0.25) is 0 Å². The van der Waals surface area contributed by atoms with E-state index in [2.05, 4.69) is 5.32 Å². The van der Waals surface area contributed by atoms with Gasteiger partial charge in [-0.25, -0.2) is 0 Å². The van der Waals surface area contributed by atoms with Gasteiger partial charge in [0.1, 0.15) is 0 Å². The molecule has 0 saturated carbocycles. The van der Waals surface area contributed by atoms with Crippen molar-refractivity contribution < 1.29 is 9.90 Å². The summed E-state index contributed by atoms with van der Waals surface area (Å²) >= 11 is 0. The summed E-state index contributed by atoms with van der Waals surface area (Å²) in [5.74, 6) is -0.194. The topological polar surface area (TPSA) is 49.3 Å². The van der Waals surface area contributed by atoms with Crippen LogP contribution < -0.4 is 5.32 Å². The Balaban J connectivity index is 2.53. The van der Waals surface area contributed by atoms with Crippen LogP contribution in [0.4, 0.5) is 0 Å². The van der Waals surface area contributed by atoms with Crippen LogP contribution in [-0.2, 0) is 4.79 Å². The Hall–Kier alpha value is -1.61. The molecule has 0 unspecified atom stereocenters. The van der Waals surface area contributed by atoms with Gasteiger partial charge < -0.3 is 10.4 Å². The number of rotatable bonds is 4. The van der Waals surface area contributed by atoms with Crippen LogP contribution in [0.5, 0.6) is 0 Å². The molecule has 0 radical (unpaired) electrons. The fourth-order valence-corrected chi connectivity index (χ4v) is 1.25. The van der Waals surface area contributed by atoms with Crippen molar-refractivity contribution in [3.8, 4) is 0 Å². The minimum Gasteiger partial charge on any atom is -0.392 e. The maximum atomic E-state index is 11.3. The van der Waals surface area contributed by atoms with Gasteiger partial charge >= 0.3 is 0 Å². The lowest BCUT2D eigenvalue weighted by atomic mass is 10.1. The zero-order valence-electron chi connectivity index (χ0n) is 8.68. The molecule has 0 heterocycles. The highest BCUT2D eigenvalue weighted by atomic mass is 16.2. The van der Waals surface area contributed by atoms with E-state index in [0.29, 0.717) is 0 Å². The number of aliphatic hydroxyl groups is 1. The molecule has 1 aromatic rings. The van der Waals surface area contributed by atoms with E-state index in [0.717, 1.165) is 5.56 Å². The Morgan fingerprint density at radius 3 is 2.73 bits per heavy atom. The predicted octanol–water partition coefficient (Wildman–Crippen LogP) is 1.41. The lowest BCUT2D eigenvalue weighted by Crippen LogP contribution is -2.24. The number of benzene rings is 1. The monoisotopic (exact) mass is 205 g/mol. The average molecular weight is 205 g/mol. The van der Waals surface area contributed by atoms with Crippen molar-refractivity contribution in [3.63, 3.8) is 0 Å². The molecule has 1 atom stereocenters. The summed E-state index contributed by atoms with van der Waals surface area (Å²) in [4.78, 5) is 11.3. The van der Waals surface area contributed by atoms with Crippen LogP contribution in [-0.4, -0.2) is 17.6 Å². The van der Waals surface area contributed by atoms with Crippen LogP contribution in [0.3, 0.4) is 0 Å². The number of carbonyl (C=O) groups is 1. The molecule has 3 heteroatoms. The maximum absolute atomic E-state index is 11.3. The second-order valence-corrected chi connectivity index (χ2v) is 3.23. The minimum atomic E-state index is -0.194. The molecule has 3 nitrogen and oxygen atoms in total. The zero-order chi connectivity index (χ0) is 11.1. The van der Waals surface area contributed by atoms with E-state index in [-0.39, 0.29) is 18.6 Å². The molecular formula is C12H15NO2. The smallest absolute Gasteiger partial charge is 0.244 e. The Kier molecular flexibility index (Phi) is 4.57. The van der Waals surface area contributed by atoms with Gasteiger partial charge in [-0.05, 0) is 12.5 Å². The summed E-state index contributed by atoms with van der Waals surface area (Å²) < 4.78 is 0. The molecule has 0 aliphatic carbocycles. The highest BCUT2D eigenvalue weighted by Gasteiger charge is 2.05. The molecule has 0 aliphatic rings. The number of aliphatic hydroxyl groups excluding tert-OH is 1. The molecule has 0 bridgehead atoms. The van der Waals surface area contributed by atoms with Crippen LogP contribution in [0.15, 0.2) is 42.5 Å². The predicted molar refractivity (Wildman–Crippen MR) is 59.2 cm³/mol. The minimum absolute atomic E-state index is 0.0259. The second kappa shape index (κ2) is 5.98. The average Bonchev–Trinajstić information content (AvgIpc) is 2.27. The standard InChI is InChI=1S/C12H15NO2/c1-10(11-6-3-2-4-7-11)13-12(15)8-5-9-14/h2-8,10,14H,9H2,1H3,(H,13,15)/b8-5+/t10-/m1/s1. The molecule has 2 N–H and O–H groups in total. The van der Waals surface area contributed by atoms with Crippen LogP contribution >= 0.6 is 0 Å². The summed E-state index contributed by atoms with van der Waals surface area (Å²) in [5.41, 5.74) is 1.06. The highest BCUT2D eigenvalue weighted by Crippen LogP contribution is 2.10. The maximum Gasteiger partial charge on any atom is 0.244 e. The normalized spacial score (nSPS) is 12.7. The van der Waals surface area contributed by atoms with Gasteiger partial charge in [0.15, 0.2) is 0 Å². The van der Waals surface area contributed by atoms with Gasteiger partial charge in [-0.15, -0.1) is 0 Å². The van der Waals surface area contributed by atoms with E-state index in [9.17, 15) is 4.79 Å². The van der Waals surface area contributed by atoms with Crippen molar-refractivity contribution in [2.45, 2.75) is 13.0 Å². The Morgan fingerprint density at radius 1 is 1.47 bits per heavy atom. The Morgan fingerprint density at radius 2 is 2.13 bits per heavy atom. The quantitative estimate of drug-likeness (QED) is 0.730. The Bertz CT molecular complexity index is 333. The fourth-order valence-electron chi connectivity index (χ4n) is 1.25. The lowest BCUT2D eigenvalue weighted by molar-refractivity contribution is -0.117. The molecule has 1 amide bonds. The van der Waals surface area contributed by atoms with E-state index in [1.54, 1.807) is 0 Å². The zero-order valence-corrected chi connectivity index (χ0v) is 8.68. The van der Waals surface area contributed by atoms with Gasteiger partial charge in [-0.2, -0.15) is 0 Å². The van der Waals surface area contributed by atoms with E-state index in [4.69, 9.17) is 5.11 Å². The van der Waals surface area contributed by atoms with Gasteiger partial charge in [0.25, 0.3) is 0 Å². The third-order valence-electron chi connectivity index (χ3n) is 2.03. The van der Waals surface area contributed by atoms with E-state index in [1.807, 2.05) is 37.3 Å². The molecule has 0 aliphatic heterocycles. The number of carbonyl (C=O) groups excluding carboxylic acids is 1. The summed E-state index contributed by atoms with van der Waals surface area (Å²) in [5, 5.41) is 11.3. The molecule has 1 rings (SSSR count). The number of hydrogen-bond donors (Lipinski definition) is 2. The highest BCUT2D eigenvalue weighted by molar-refractivity contribution is 5.87. The van der Waals surface area contributed by atoms with Crippen molar-refractivity contribution in [2.75, 3.05) is 6.61 Å². The van der Waals surface area contributed by atoms with Gasteiger partial charge in [0.05, 0.1) is 12.6 Å². The molecule has 0 saturated heterocycles. The number of nitrogens with one attached hydrogen (secondary N) is 1. The molecule has 0 spiro atoms. The molecular weight excluding hydrogens is 190 g/mol. The van der Waals surface area contributed by atoms with Gasteiger partial charge in [0, 0.05) is 6.08 Å². The third-order valence-corrected chi connectivity index (χ3v) is 2.03. The molecule has 1 aromatic carbocycles. The van der Waals surface area contributed by atoms with Crippen LogP contribution in [0, 0.1) is 0 Å². The second-order valence-electron chi connectivity index (χ2n) is 3.23. The van der Waals surface area contributed by atoms with Crippen molar-refractivity contribution in [1.82, 2.24) is 5.32 Å². The van der Waals surface area contributed by atoms with Gasteiger partial charge in [-0.1, -0.05) is 36.4 Å². The Labute approximate surface area is 89.4 Å². The van der Waals surface area contributed by atoms with Crippen LogP contribution in [0.25, 0.3) is 0 Å². The fraction of sp³-hybridized carbons (Fsp3) is 0.250. The summed E-state index contributed by atoms with van der Waals surface area (Å²) in [6, 6.07) is 9.69. The van der Waals surface area contributed by atoms with Gasteiger partial charge in [-0.3, -0.25) is 4.79 Å². The van der Waals surface area contributed by atoms with E-state index in [1.165, 1.54) is 12.2 Å². The number of amides is 1. The van der Waals surface area contributed by atoms with Crippen molar-refractivity contribution >= 4 is 5.91 Å². The SMILES string of the molecule is C[C@@H](NC(=O)/C=C/CO)c1ccccc1. The van der Waals surface area contributed by atoms with E-state index < -0.39 is 0 Å². The molecule has 15 heavy (non-hydrogen) atoms. The molecule has 0 fully saturated rings. The third kappa shape index (κ3) is 3.95. The van der Waals surface area contributed by atoms with Crippen molar-refractivity contribution in [3.05, 3.63) is 48.0 Å².